The monoisotopic (exact) mass is 244 g/mol. The van der Waals surface area contributed by atoms with Gasteiger partial charge in [0.05, 0.1) is 6.04 Å². The summed E-state index contributed by atoms with van der Waals surface area (Å²) in [6.45, 7) is 8.19. The van der Waals surface area contributed by atoms with Crippen molar-refractivity contribution in [1.29, 1.82) is 0 Å². The van der Waals surface area contributed by atoms with E-state index in [-0.39, 0.29) is 11.9 Å². The Morgan fingerprint density at radius 3 is 2.50 bits per heavy atom. The second-order valence-corrected chi connectivity index (χ2v) is 6.63. The molecule has 3 atom stereocenters. The van der Waals surface area contributed by atoms with Gasteiger partial charge in [-0.1, -0.05) is 33.6 Å². The SMILES string of the molecule is CCCC[C@H](N)C(=O)N1CC(C)SC(C)C1. The van der Waals surface area contributed by atoms with E-state index in [0.29, 0.717) is 10.5 Å². The largest absolute Gasteiger partial charge is 0.339 e. The standard InChI is InChI=1S/C12H24N2OS/c1-4-5-6-11(13)12(15)14-7-9(2)16-10(3)8-14/h9-11H,4-8,13H2,1-3H3/t9?,10?,11-/m0/s1. The lowest BCUT2D eigenvalue weighted by molar-refractivity contribution is -0.132. The Bertz CT molecular complexity index is 225. The number of hydrogen-bond donors (Lipinski definition) is 1. The summed E-state index contributed by atoms with van der Waals surface area (Å²) in [5.41, 5.74) is 5.93. The molecule has 94 valence electrons. The van der Waals surface area contributed by atoms with Gasteiger partial charge in [0, 0.05) is 23.6 Å². The van der Waals surface area contributed by atoms with Gasteiger partial charge in [-0.05, 0) is 6.42 Å². The molecule has 1 saturated heterocycles. The van der Waals surface area contributed by atoms with Crippen LogP contribution in [0.25, 0.3) is 0 Å². The van der Waals surface area contributed by atoms with E-state index >= 15 is 0 Å². The summed E-state index contributed by atoms with van der Waals surface area (Å²) in [7, 11) is 0. The molecule has 4 heteroatoms. The fraction of sp³-hybridized carbons (Fsp3) is 0.917. The van der Waals surface area contributed by atoms with Crippen LogP contribution >= 0.6 is 11.8 Å². The molecule has 0 aromatic carbocycles. The Balaban J connectivity index is 2.45. The maximum Gasteiger partial charge on any atom is 0.239 e. The molecular formula is C12H24N2OS. The van der Waals surface area contributed by atoms with Crippen molar-refractivity contribution in [2.24, 2.45) is 5.73 Å². The molecule has 0 aromatic rings. The number of amides is 1. The summed E-state index contributed by atoms with van der Waals surface area (Å²) in [5, 5.41) is 1.07. The highest BCUT2D eigenvalue weighted by Gasteiger charge is 2.28. The second-order valence-electron chi connectivity index (χ2n) is 4.75. The molecule has 3 nitrogen and oxygen atoms in total. The number of carbonyl (C=O) groups is 1. The van der Waals surface area contributed by atoms with Gasteiger partial charge in [0.15, 0.2) is 0 Å². The van der Waals surface area contributed by atoms with Crippen molar-refractivity contribution in [3.63, 3.8) is 0 Å². The highest BCUT2D eigenvalue weighted by Crippen LogP contribution is 2.25. The third-order valence-corrected chi connectivity index (χ3v) is 4.14. The molecule has 0 aromatic heterocycles. The van der Waals surface area contributed by atoms with Crippen LogP contribution in [0, 0.1) is 0 Å². The Morgan fingerprint density at radius 2 is 2.00 bits per heavy atom. The molecule has 16 heavy (non-hydrogen) atoms. The van der Waals surface area contributed by atoms with E-state index < -0.39 is 0 Å². The van der Waals surface area contributed by atoms with Crippen LogP contribution in [0.5, 0.6) is 0 Å². The van der Waals surface area contributed by atoms with Crippen molar-refractivity contribution >= 4 is 17.7 Å². The summed E-state index contributed by atoms with van der Waals surface area (Å²) < 4.78 is 0. The predicted octanol–water partition coefficient (Wildman–Crippen LogP) is 1.86. The van der Waals surface area contributed by atoms with Crippen molar-refractivity contribution < 1.29 is 4.79 Å². The molecule has 1 fully saturated rings. The first kappa shape index (κ1) is 13.8. The predicted molar refractivity (Wildman–Crippen MR) is 70.6 cm³/mol. The first-order valence-electron chi connectivity index (χ1n) is 6.24. The number of thioether (sulfide) groups is 1. The molecule has 0 spiro atoms. The van der Waals surface area contributed by atoms with Gasteiger partial charge in [0.25, 0.3) is 0 Å². The number of hydrogen-bond acceptors (Lipinski definition) is 3. The summed E-state index contributed by atoms with van der Waals surface area (Å²) in [6, 6.07) is -0.289. The number of unbranched alkanes of at least 4 members (excludes halogenated alkanes) is 1. The van der Waals surface area contributed by atoms with Crippen LogP contribution in [0.4, 0.5) is 0 Å². The third-order valence-electron chi connectivity index (χ3n) is 2.92. The molecule has 1 amide bonds. The Morgan fingerprint density at radius 1 is 1.44 bits per heavy atom. The van der Waals surface area contributed by atoms with Crippen LogP contribution in [0.2, 0.25) is 0 Å². The number of rotatable bonds is 4. The zero-order valence-electron chi connectivity index (χ0n) is 10.6. The van der Waals surface area contributed by atoms with Crippen molar-refractivity contribution in [2.75, 3.05) is 13.1 Å². The number of nitrogens with zero attached hydrogens (tertiary/aromatic N) is 1. The molecule has 1 rings (SSSR count). The molecule has 1 heterocycles. The maximum atomic E-state index is 12.1. The van der Waals surface area contributed by atoms with Gasteiger partial charge in [-0.15, -0.1) is 0 Å². The van der Waals surface area contributed by atoms with E-state index in [0.717, 1.165) is 32.4 Å². The lowest BCUT2D eigenvalue weighted by atomic mass is 10.1. The van der Waals surface area contributed by atoms with E-state index in [1.54, 1.807) is 0 Å². The first-order valence-corrected chi connectivity index (χ1v) is 7.18. The minimum absolute atomic E-state index is 0.146. The fourth-order valence-electron chi connectivity index (χ4n) is 2.14. The van der Waals surface area contributed by atoms with Crippen molar-refractivity contribution in [2.45, 2.75) is 56.6 Å². The van der Waals surface area contributed by atoms with Gasteiger partial charge in [0.1, 0.15) is 0 Å². The summed E-state index contributed by atoms with van der Waals surface area (Å²) in [5.74, 6) is 0.146. The van der Waals surface area contributed by atoms with Gasteiger partial charge < -0.3 is 10.6 Å². The van der Waals surface area contributed by atoms with Crippen molar-refractivity contribution in [1.82, 2.24) is 4.90 Å². The van der Waals surface area contributed by atoms with Crippen LogP contribution in [-0.2, 0) is 4.79 Å². The van der Waals surface area contributed by atoms with Gasteiger partial charge >= 0.3 is 0 Å². The zero-order chi connectivity index (χ0) is 12.1. The lowest BCUT2D eigenvalue weighted by Crippen LogP contribution is -2.50. The topological polar surface area (TPSA) is 46.3 Å². The fourth-order valence-corrected chi connectivity index (χ4v) is 3.47. The minimum Gasteiger partial charge on any atom is -0.339 e. The van der Waals surface area contributed by atoms with Crippen molar-refractivity contribution in [3.8, 4) is 0 Å². The summed E-state index contributed by atoms with van der Waals surface area (Å²) >= 11 is 1.96. The number of nitrogens with two attached hydrogens (primary N) is 1. The molecule has 0 radical (unpaired) electrons. The zero-order valence-corrected chi connectivity index (χ0v) is 11.4. The molecule has 0 saturated carbocycles. The Kier molecular flexibility index (Phi) is 5.62. The summed E-state index contributed by atoms with van der Waals surface area (Å²) in [4.78, 5) is 14.0. The quantitative estimate of drug-likeness (QED) is 0.821. The normalized spacial score (nSPS) is 27.9. The van der Waals surface area contributed by atoms with Gasteiger partial charge in [-0.3, -0.25) is 4.79 Å². The minimum atomic E-state index is -0.289. The average Bonchev–Trinajstić information content (AvgIpc) is 2.23. The third kappa shape index (κ3) is 3.98. The van der Waals surface area contributed by atoms with E-state index in [4.69, 9.17) is 5.73 Å². The Hall–Kier alpha value is -0.220. The van der Waals surface area contributed by atoms with Crippen LogP contribution in [-0.4, -0.2) is 40.4 Å². The van der Waals surface area contributed by atoms with Crippen LogP contribution in [0.1, 0.15) is 40.0 Å². The van der Waals surface area contributed by atoms with Gasteiger partial charge in [-0.25, -0.2) is 0 Å². The summed E-state index contributed by atoms with van der Waals surface area (Å²) in [6.07, 6.45) is 2.96. The van der Waals surface area contributed by atoms with E-state index in [9.17, 15) is 4.79 Å². The van der Waals surface area contributed by atoms with Gasteiger partial charge in [-0.2, -0.15) is 11.8 Å². The van der Waals surface area contributed by atoms with E-state index in [2.05, 4.69) is 20.8 Å². The van der Waals surface area contributed by atoms with Gasteiger partial charge in [0.2, 0.25) is 5.91 Å². The second kappa shape index (κ2) is 6.50. The molecule has 1 aliphatic rings. The highest BCUT2D eigenvalue weighted by molar-refractivity contribution is 8.00. The molecular weight excluding hydrogens is 220 g/mol. The number of carbonyl (C=O) groups excluding carboxylic acids is 1. The average molecular weight is 244 g/mol. The molecule has 2 N–H and O–H groups in total. The maximum absolute atomic E-state index is 12.1. The molecule has 2 unspecified atom stereocenters. The smallest absolute Gasteiger partial charge is 0.239 e. The molecule has 0 bridgehead atoms. The van der Waals surface area contributed by atoms with Crippen LogP contribution < -0.4 is 5.73 Å². The molecule has 0 aliphatic carbocycles. The lowest BCUT2D eigenvalue weighted by Gasteiger charge is -2.36. The van der Waals surface area contributed by atoms with E-state index in [1.165, 1.54) is 0 Å². The molecule has 1 aliphatic heterocycles. The Labute approximate surface area is 103 Å². The highest BCUT2D eigenvalue weighted by atomic mass is 32.2. The van der Waals surface area contributed by atoms with E-state index in [1.807, 2.05) is 16.7 Å². The van der Waals surface area contributed by atoms with Crippen LogP contribution in [0.15, 0.2) is 0 Å². The van der Waals surface area contributed by atoms with Crippen LogP contribution in [0.3, 0.4) is 0 Å². The first-order chi connectivity index (χ1) is 7.54. The van der Waals surface area contributed by atoms with Crippen molar-refractivity contribution in [3.05, 3.63) is 0 Å².